The van der Waals surface area contributed by atoms with E-state index in [1.54, 1.807) is 6.08 Å². The molecule has 2 atom stereocenters. The number of hydrogen-bond acceptors (Lipinski definition) is 3. The Morgan fingerprint density at radius 1 is 1.38 bits per heavy atom. The molecule has 0 spiro atoms. The van der Waals surface area contributed by atoms with Gasteiger partial charge in [0.05, 0.1) is 0 Å². The van der Waals surface area contributed by atoms with E-state index in [0.717, 1.165) is 25.0 Å². The summed E-state index contributed by atoms with van der Waals surface area (Å²) in [6.45, 7) is 6.00. The molecule has 1 fully saturated rings. The smallest absolute Gasteiger partial charge is 0.305 e. The third-order valence-corrected chi connectivity index (χ3v) is 3.93. The number of rotatable bonds is 6. The molecule has 3 nitrogen and oxygen atoms in total. The van der Waals surface area contributed by atoms with E-state index in [1.807, 2.05) is 19.1 Å². The van der Waals surface area contributed by atoms with Gasteiger partial charge in [0.2, 0.25) is 0 Å². The molecular formula is C18H24O3. The summed E-state index contributed by atoms with van der Waals surface area (Å²) < 4.78 is 11.2. The standard InChI is InChI=1S/C18H24O3/c1-3-12-20-15-9-7-8-14(13-15)16-10-5-6-11-17(16)21-18(19)4-2/h3,7-9,13,16-17H,1,4-6,10-12H2,2H3. The van der Waals surface area contributed by atoms with Gasteiger partial charge in [-0.05, 0) is 37.0 Å². The van der Waals surface area contributed by atoms with Crippen LogP contribution in [-0.2, 0) is 9.53 Å². The van der Waals surface area contributed by atoms with Gasteiger partial charge in [0, 0.05) is 12.3 Å². The Labute approximate surface area is 127 Å². The Kier molecular flexibility index (Phi) is 5.85. The van der Waals surface area contributed by atoms with Crippen LogP contribution in [0.5, 0.6) is 5.75 Å². The van der Waals surface area contributed by atoms with Crippen molar-refractivity contribution in [2.24, 2.45) is 0 Å². The van der Waals surface area contributed by atoms with Crippen molar-refractivity contribution in [3.05, 3.63) is 42.5 Å². The van der Waals surface area contributed by atoms with Gasteiger partial charge in [0.15, 0.2) is 0 Å². The fraction of sp³-hybridized carbons (Fsp3) is 0.500. The molecule has 0 aliphatic heterocycles. The second-order valence-corrected chi connectivity index (χ2v) is 5.44. The molecule has 0 bridgehead atoms. The molecule has 0 heterocycles. The molecular weight excluding hydrogens is 264 g/mol. The van der Waals surface area contributed by atoms with Gasteiger partial charge in [-0.25, -0.2) is 0 Å². The summed E-state index contributed by atoms with van der Waals surface area (Å²) in [6.07, 6.45) is 6.50. The lowest BCUT2D eigenvalue weighted by atomic mass is 9.81. The van der Waals surface area contributed by atoms with Gasteiger partial charge in [0.25, 0.3) is 0 Å². The van der Waals surface area contributed by atoms with Crippen LogP contribution in [0, 0.1) is 0 Å². The lowest BCUT2D eigenvalue weighted by Gasteiger charge is -2.31. The minimum absolute atomic E-state index is 0.000791. The lowest BCUT2D eigenvalue weighted by Crippen LogP contribution is -2.28. The average molecular weight is 288 g/mol. The van der Waals surface area contributed by atoms with E-state index >= 15 is 0 Å². The quantitative estimate of drug-likeness (QED) is 0.580. The molecule has 0 radical (unpaired) electrons. The van der Waals surface area contributed by atoms with Crippen molar-refractivity contribution in [1.29, 1.82) is 0 Å². The molecule has 2 unspecified atom stereocenters. The Morgan fingerprint density at radius 2 is 2.19 bits per heavy atom. The summed E-state index contributed by atoms with van der Waals surface area (Å²) >= 11 is 0. The van der Waals surface area contributed by atoms with Gasteiger partial charge in [-0.15, -0.1) is 0 Å². The van der Waals surface area contributed by atoms with Gasteiger partial charge < -0.3 is 9.47 Å². The summed E-state index contributed by atoms with van der Waals surface area (Å²) in [5.74, 6) is 1.02. The molecule has 1 aromatic carbocycles. The van der Waals surface area contributed by atoms with Crippen LogP contribution in [0.4, 0.5) is 0 Å². The maximum atomic E-state index is 11.6. The Hall–Kier alpha value is -1.77. The first-order chi connectivity index (χ1) is 10.2. The van der Waals surface area contributed by atoms with Crippen molar-refractivity contribution in [3.8, 4) is 5.75 Å². The van der Waals surface area contributed by atoms with E-state index in [1.165, 1.54) is 12.0 Å². The number of benzene rings is 1. The minimum Gasteiger partial charge on any atom is -0.490 e. The summed E-state index contributed by atoms with van der Waals surface area (Å²) in [7, 11) is 0. The summed E-state index contributed by atoms with van der Waals surface area (Å²) in [4.78, 5) is 11.6. The number of hydrogen-bond donors (Lipinski definition) is 0. The van der Waals surface area contributed by atoms with Crippen LogP contribution in [0.15, 0.2) is 36.9 Å². The first-order valence-corrected chi connectivity index (χ1v) is 7.77. The SMILES string of the molecule is C=CCOc1cccc(C2CCCCC2OC(=O)CC)c1. The van der Waals surface area contributed by atoms with E-state index < -0.39 is 0 Å². The zero-order valence-electron chi connectivity index (χ0n) is 12.7. The molecule has 1 aliphatic rings. The molecule has 3 heteroatoms. The van der Waals surface area contributed by atoms with Crippen LogP contribution in [0.2, 0.25) is 0 Å². The van der Waals surface area contributed by atoms with Gasteiger partial charge in [-0.2, -0.15) is 0 Å². The van der Waals surface area contributed by atoms with Crippen LogP contribution in [0.3, 0.4) is 0 Å². The van der Waals surface area contributed by atoms with Gasteiger partial charge in [-0.1, -0.05) is 38.1 Å². The first-order valence-electron chi connectivity index (χ1n) is 7.77. The van der Waals surface area contributed by atoms with E-state index in [-0.39, 0.29) is 18.0 Å². The molecule has 1 aromatic rings. The van der Waals surface area contributed by atoms with Crippen LogP contribution in [-0.4, -0.2) is 18.7 Å². The van der Waals surface area contributed by atoms with E-state index in [2.05, 4.69) is 18.7 Å². The summed E-state index contributed by atoms with van der Waals surface area (Å²) in [5.41, 5.74) is 1.20. The lowest BCUT2D eigenvalue weighted by molar-refractivity contribution is -0.151. The van der Waals surface area contributed by atoms with Crippen LogP contribution < -0.4 is 4.74 Å². The number of esters is 1. The van der Waals surface area contributed by atoms with Gasteiger partial charge in [-0.3, -0.25) is 4.79 Å². The van der Waals surface area contributed by atoms with Crippen molar-refractivity contribution >= 4 is 5.97 Å². The molecule has 2 rings (SSSR count). The van der Waals surface area contributed by atoms with Gasteiger partial charge in [0.1, 0.15) is 18.5 Å². The van der Waals surface area contributed by atoms with Crippen LogP contribution in [0.25, 0.3) is 0 Å². The van der Waals surface area contributed by atoms with Crippen LogP contribution in [0.1, 0.15) is 50.5 Å². The molecule has 114 valence electrons. The third-order valence-electron chi connectivity index (χ3n) is 3.93. The minimum atomic E-state index is -0.106. The van der Waals surface area contributed by atoms with Gasteiger partial charge >= 0.3 is 5.97 Å². The van der Waals surface area contributed by atoms with E-state index in [4.69, 9.17) is 9.47 Å². The Balaban J connectivity index is 2.12. The zero-order valence-corrected chi connectivity index (χ0v) is 12.7. The topological polar surface area (TPSA) is 35.5 Å². The Bertz CT molecular complexity index is 481. The van der Waals surface area contributed by atoms with Crippen molar-refractivity contribution in [3.63, 3.8) is 0 Å². The summed E-state index contributed by atoms with van der Waals surface area (Å²) in [5, 5.41) is 0. The molecule has 21 heavy (non-hydrogen) atoms. The Morgan fingerprint density at radius 3 is 2.95 bits per heavy atom. The van der Waals surface area contributed by atoms with Crippen molar-refractivity contribution in [1.82, 2.24) is 0 Å². The monoisotopic (exact) mass is 288 g/mol. The number of carbonyl (C=O) groups is 1. The van der Waals surface area contributed by atoms with E-state index in [0.29, 0.717) is 13.0 Å². The molecule has 1 saturated carbocycles. The van der Waals surface area contributed by atoms with Crippen molar-refractivity contribution in [2.75, 3.05) is 6.61 Å². The maximum Gasteiger partial charge on any atom is 0.305 e. The average Bonchev–Trinajstić information content (AvgIpc) is 2.53. The highest BCUT2D eigenvalue weighted by Crippen LogP contribution is 2.36. The molecule has 0 aromatic heterocycles. The summed E-state index contributed by atoms with van der Waals surface area (Å²) in [6, 6.07) is 8.11. The third kappa shape index (κ3) is 4.35. The fourth-order valence-electron chi connectivity index (χ4n) is 2.86. The van der Waals surface area contributed by atoms with E-state index in [9.17, 15) is 4.79 Å². The fourth-order valence-corrected chi connectivity index (χ4v) is 2.86. The number of carbonyl (C=O) groups excluding carboxylic acids is 1. The zero-order chi connectivity index (χ0) is 15.1. The molecule has 0 saturated heterocycles. The molecule has 0 amide bonds. The maximum absolute atomic E-state index is 11.6. The highest BCUT2D eigenvalue weighted by Gasteiger charge is 2.29. The van der Waals surface area contributed by atoms with Crippen LogP contribution >= 0.6 is 0 Å². The highest BCUT2D eigenvalue weighted by atomic mass is 16.5. The van der Waals surface area contributed by atoms with Crippen molar-refractivity contribution < 1.29 is 14.3 Å². The largest absolute Gasteiger partial charge is 0.490 e. The predicted octanol–water partition coefficient (Wildman–Crippen LogP) is 4.23. The molecule has 1 aliphatic carbocycles. The predicted molar refractivity (Wildman–Crippen MR) is 83.5 cm³/mol. The second kappa shape index (κ2) is 7.87. The highest BCUT2D eigenvalue weighted by molar-refractivity contribution is 5.69. The molecule has 0 N–H and O–H groups in total. The number of ether oxygens (including phenoxy) is 2. The van der Waals surface area contributed by atoms with Crippen molar-refractivity contribution in [2.45, 2.75) is 51.0 Å². The normalized spacial score (nSPS) is 21.6. The second-order valence-electron chi connectivity index (χ2n) is 5.44. The first kappa shape index (κ1) is 15.6.